The molecule has 0 aromatic carbocycles. The molecule has 1 rings (SSSR count). The Hall–Kier alpha value is -0.790. The third-order valence-corrected chi connectivity index (χ3v) is 1.70. The molecule has 0 aromatic heterocycles. The predicted molar refractivity (Wildman–Crippen MR) is 43.2 cm³/mol. The second-order valence-electron chi connectivity index (χ2n) is 2.73. The fourth-order valence-corrected chi connectivity index (χ4v) is 1.06. The van der Waals surface area contributed by atoms with Crippen molar-refractivity contribution in [2.45, 2.75) is 32.1 Å². The molecule has 1 heterocycles. The van der Waals surface area contributed by atoms with Crippen molar-refractivity contribution in [3.8, 4) is 0 Å². The number of esters is 1. The van der Waals surface area contributed by atoms with Crippen LogP contribution in [-0.4, -0.2) is 12.6 Å². The van der Waals surface area contributed by atoms with Crippen molar-refractivity contribution in [2.24, 2.45) is 0 Å². The minimum Gasteiger partial charge on any atom is -0.466 e. The molecule has 2 nitrogen and oxygen atoms in total. The highest BCUT2D eigenvalue weighted by molar-refractivity contribution is 5.69. The molecule has 0 unspecified atom stereocenters. The molecule has 1 aliphatic heterocycles. The summed E-state index contributed by atoms with van der Waals surface area (Å²) >= 11 is 0. The largest absolute Gasteiger partial charge is 0.466 e. The number of rotatable bonds is 0. The van der Waals surface area contributed by atoms with E-state index in [0.29, 0.717) is 13.0 Å². The highest BCUT2D eigenvalue weighted by Gasteiger charge is 2.01. The first kappa shape index (κ1) is 8.31. The first-order valence-corrected chi connectivity index (χ1v) is 4.20. The molecule has 0 amide bonds. The smallest absolute Gasteiger partial charge is 0.305 e. The van der Waals surface area contributed by atoms with Crippen molar-refractivity contribution < 1.29 is 9.53 Å². The summed E-state index contributed by atoms with van der Waals surface area (Å²) in [5, 5.41) is 0. The normalized spacial score (nSPS) is 20.9. The van der Waals surface area contributed by atoms with Crippen LogP contribution in [0.25, 0.3) is 0 Å². The van der Waals surface area contributed by atoms with Crippen LogP contribution >= 0.6 is 0 Å². The molecule has 0 radical (unpaired) electrons. The molecule has 0 aliphatic carbocycles. The van der Waals surface area contributed by atoms with Crippen molar-refractivity contribution in [1.29, 1.82) is 0 Å². The zero-order chi connectivity index (χ0) is 7.94. The van der Waals surface area contributed by atoms with E-state index >= 15 is 0 Å². The summed E-state index contributed by atoms with van der Waals surface area (Å²) in [6, 6.07) is 0. The van der Waals surface area contributed by atoms with E-state index in [1.807, 2.05) is 0 Å². The lowest BCUT2D eigenvalue weighted by Gasteiger charge is -2.04. The topological polar surface area (TPSA) is 26.3 Å². The lowest BCUT2D eigenvalue weighted by atomic mass is 10.2. The fourth-order valence-electron chi connectivity index (χ4n) is 1.06. The zero-order valence-corrected chi connectivity index (χ0v) is 6.71. The van der Waals surface area contributed by atoms with Crippen LogP contribution in [0.3, 0.4) is 0 Å². The van der Waals surface area contributed by atoms with Gasteiger partial charge < -0.3 is 4.74 Å². The van der Waals surface area contributed by atoms with Gasteiger partial charge in [-0.05, 0) is 25.7 Å². The molecule has 0 bridgehead atoms. The molecule has 0 spiro atoms. The highest BCUT2D eigenvalue weighted by atomic mass is 16.5. The maximum absolute atomic E-state index is 10.9. The SMILES string of the molecule is O=C1CCCC=CCCCO1. The van der Waals surface area contributed by atoms with Crippen LogP contribution in [0, 0.1) is 0 Å². The molecule has 0 saturated heterocycles. The van der Waals surface area contributed by atoms with Gasteiger partial charge in [-0.2, -0.15) is 0 Å². The predicted octanol–water partition coefficient (Wildman–Crippen LogP) is 2.05. The van der Waals surface area contributed by atoms with Gasteiger partial charge in [0, 0.05) is 6.42 Å². The Morgan fingerprint density at radius 2 is 1.91 bits per heavy atom. The van der Waals surface area contributed by atoms with Crippen molar-refractivity contribution in [3.63, 3.8) is 0 Å². The van der Waals surface area contributed by atoms with E-state index in [4.69, 9.17) is 4.74 Å². The average molecular weight is 154 g/mol. The van der Waals surface area contributed by atoms with E-state index in [0.717, 1.165) is 25.7 Å². The first-order chi connectivity index (χ1) is 5.39. The van der Waals surface area contributed by atoms with E-state index in [9.17, 15) is 4.79 Å². The average Bonchev–Trinajstić information content (AvgIpc) is 2.03. The van der Waals surface area contributed by atoms with E-state index < -0.39 is 0 Å². The molecule has 0 fully saturated rings. The maximum atomic E-state index is 10.9. The molecule has 0 N–H and O–H groups in total. The molecule has 0 saturated carbocycles. The van der Waals surface area contributed by atoms with Gasteiger partial charge in [-0.1, -0.05) is 12.2 Å². The summed E-state index contributed by atoms with van der Waals surface area (Å²) in [5.41, 5.74) is 0. The number of cyclic esters (lactones) is 1. The van der Waals surface area contributed by atoms with E-state index in [1.54, 1.807) is 0 Å². The summed E-state index contributed by atoms with van der Waals surface area (Å²) in [5.74, 6) is -0.0414. The van der Waals surface area contributed by atoms with E-state index in [-0.39, 0.29) is 5.97 Å². The standard InChI is InChI=1S/C9H14O2/c10-9-7-5-3-1-2-4-6-8-11-9/h1-2H,3-8H2. The summed E-state index contributed by atoms with van der Waals surface area (Å²) < 4.78 is 4.95. The zero-order valence-electron chi connectivity index (χ0n) is 6.71. The monoisotopic (exact) mass is 154 g/mol. The molecular formula is C9H14O2. The third-order valence-electron chi connectivity index (χ3n) is 1.70. The Morgan fingerprint density at radius 3 is 2.73 bits per heavy atom. The molecule has 0 atom stereocenters. The van der Waals surface area contributed by atoms with Crippen LogP contribution in [0.4, 0.5) is 0 Å². The number of carbonyl (C=O) groups excluding carboxylic acids is 1. The minimum absolute atomic E-state index is 0.0414. The van der Waals surface area contributed by atoms with E-state index in [2.05, 4.69) is 12.2 Å². The van der Waals surface area contributed by atoms with Gasteiger partial charge >= 0.3 is 5.97 Å². The Morgan fingerprint density at radius 1 is 1.18 bits per heavy atom. The van der Waals surface area contributed by atoms with Crippen LogP contribution in [0.15, 0.2) is 12.2 Å². The Kier molecular flexibility index (Phi) is 3.73. The molecule has 2 heteroatoms. The molecule has 62 valence electrons. The highest BCUT2D eigenvalue weighted by Crippen LogP contribution is 2.03. The van der Waals surface area contributed by atoms with Crippen LogP contribution in [0.2, 0.25) is 0 Å². The summed E-state index contributed by atoms with van der Waals surface area (Å²) in [7, 11) is 0. The third kappa shape index (κ3) is 3.81. The fraction of sp³-hybridized carbons (Fsp3) is 0.667. The van der Waals surface area contributed by atoms with Crippen LogP contribution < -0.4 is 0 Å². The van der Waals surface area contributed by atoms with Gasteiger partial charge in [-0.25, -0.2) is 0 Å². The minimum atomic E-state index is -0.0414. The van der Waals surface area contributed by atoms with Crippen molar-refractivity contribution in [2.75, 3.05) is 6.61 Å². The summed E-state index contributed by atoms with van der Waals surface area (Å²) in [6.45, 7) is 0.586. The number of ether oxygens (including phenoxy) is 1. The molecule has 0 aromatic rings. The second kappa shape index (κ2) is 4.94. The summed E-state index contributed by atoms with van der Waals surface area (Å²) in [6.07, 6.45) is 8.82. The summed E-state index contributed by atoms with van der Waals surface area (Å²) in [4.78, 5) is 10.9. The van der Waals surface area contributed by atoms with E-state index in [1.165, 1.54) is 0 Å². The van der Waals surface area contributed by atoms with Gasteiger partial charge in [0.05, 0.1) is 6.61 Å². The lowest BCUT2D eigenvalue weighted by Crippen LogP contribution is -2.05. The van der Waals surface area contributed by atoms with Gasteiger partial charge in [0.2, 0.25) is 0 Å². The Labute approximate surface area is 67.2 Å². The van der Waals surface area contributed by atoms with Gasteiger partial charge in [0.25, 0.3) is 0 Å². The van der Waals surface area contributed by atoms with Crippen LogP contribution in [-0.2, 0) is 9.53 Å². The number of hydrogen-bond acceptors (Lipinski definition) is 2. The Balaban J connectivity index is 2.28. The van der Waals surface area contributed by atoms with Crippen molar-refractivity contribution >= 4 is 5.97 Å². The first-order valence-electron chi connectivity index (χ1n) is 4.20. The quantitative estimate of drug-likeness (QED) is 0.394. The second-order valence-corrected chi connectivity index (χ2v) is 2.73. The number of carbonyl (C=O) groups is 1. The van der Waals surface area contributed by atoms with Crippen molar-refractivity contribution in [3.05, 3.63) is 12.2 Å². The van der Waals surface area contributed by atoms with Crippen LogP contribution in [0.5, 0.6) is 0 Å². The van der Waals surface area contributed by atoms with Gasteiger partial charge in [-0.15, -0.1) is 0 Å². The molecule has 11 heavy (non-hydrogen) atoms. The van der Waals surface area contributed by atoms with Gasteiger partial charge in [-0.3, -0.25) is 4.79 Å². The van der Waals surface area contributed by atoms with Gasteiger partial charge in [0.1, 0.15) is 0 Å². The number of hydrogen-bond donors (Lipinski definition) is 0. The maximum Gasteiger partial charge on any atom is 0.305 e. The van der Waals surface area contributed by atoms with Gasteiger partial charge in [0.15, 0.2) is 0 Å². The number of allylic oxidation sites excluding steroid dienone is 2. The lowest BCUT2D eigenvalue weighted by molar-refractivity contribution is -0.143. The van der Waals surface area contributed by atoms with Crippen molar-refractivity contribution in [1.82, 2.24) is 0 Å². The Bertz CT molecular complexity index is 150. The molecular weight excluding hydrogens is 140 g/mol. The molecule has 1 aliphatic rings. The van der Waals surface area contributed by atoms with Crippen LogP contribution in [0.1, 0.15) is 32.1 Å².